The van der Waals surface area contributed by atoms with Crippen molar-refractivity contribution in [1.29, 1.82) is 0 Å². The Morgan fingerprint density at radius 2 is 2.36 bits per heavy atom. The van der Waals surface area contributed by atoms with E-state index in [0.29, 0.717) is 0 Å². The minimum atomic E-state index is -0.934. The molecule has 0 bridgehead atoms. The van der Waals surface area contributed by atoms with Crippen LogP contribution in [-0.2, 0) is 0 Å². The number of rotatable bonds is 2. The van der Waals surface area contributed by atoms with Gasteiger partial charge in [-0.15, -0.1) is 0 Å². The molecule has 4 heteroatoms. The van der Waals surface area contributed by atoms with Crippen LogP contribution in [0.2, 0.25) is 0 Å². The fourth-order valence-corrected chi connectivity index (χ4v) is 0.895. The van der Waals surface area contributed by atoms with Crippen molar-refractivity contribution >= 4 is 5.97 Å². The molecule has 1 heterocycles. The van der Waals surface area contributed by atoms with E-state index in [1.165, 1.54) is 16.9 Å². The number of nitrogens with zero attached hydrogens (tertiary/aromatic N) is 2. The predicted octanol–water partition coefficient (Wildman–Crippen LogP) is 1.16. The lowest BCUT2D eigenvalue weighted by atomic mass is 10.3. The van der Waals surface area contributed by atoms with Gasteiger partial charge in [-0.3, -0.25) is 4.68 Å². The van der Waals surface area contributed by atoms with Gasteiger partial charge < -0.3 is 5.11 Å². The molecule has 0 saturated carbocycles. The van der Waals surface area contributed by atoms with Gasteiger partial charge in [-0.05, 0) is 19.9 Å². The standard InChI is InChI=1S/C7H10N2O2/c1-5(2)9-6(7(10)11)3-4-8-9/h3-5H,1-2H3,(H,10,11). The van der Waals surface area contributed by atoms with Gasteiger partial charge in [-0.25, -0.2) is 4.79 Å². The van der Waals surface area contributed by atoms with Gasteiger partial charge in [0.05, 0.1) is 0 Å². The summed E-state index contributed by atoms with van der Waals surface area (Å²) in [4.78, 5) is 10.5. The Morgan fingerprint density at radius 1 is 1.73 bits per heavy atom. The van der Waals surface area contributed by atoms with Crippen molar-refractivity contribution in [3.8, 4) is 0 Å². The summed E-state index contributed by atoms with van der Waals surface area (Å²) in [5.74, 6) is -0.934. The van der Waals surface area contributed by atoms with Gasteiger partial charge in [0.15, 0.2) is 0 Å². The summed E-state index contributed by atoms with van der Waals surface area (Å²) in [6.07, 6.45) is 1.49. The van der Waals surface area contributed by atoms with Gasteiger partial charge in [-0.2, -0.15) is 5.10 Å². The largest absolute Gasteiger partial charge is 0.477 e. The lowest BCUT2D eigenvalue weighted by Gasteiger charge is -2.06. The number of hydrogen-bond donors (Lipinski definition) is 1. The summed E-state index contributed by atoms with van der Waals surface area (Å²) in [5, 5.41) is 12.5. The third-order valence-electron chi connectivity index (χ3n) is 1.38. The van der Waals surface area contributed by atoms with Crippen molar-refractivity contribution in [3.63, 3.8) is 0 Å². The van der Waals surface area contributed by atoms with E-state index in [0.717, 1.165) is 0 Å². The van der Waals surface area contributed by atoms with Crippen LogP contribution < -0.4 is 0 Å². The van der Waals surface area contributed by atoms with Gasteiger partial charge in [0, 0.05) is 12.2 Å². The third-order valence-corrected chi connectivity index (χ3v) is 1.38. The van der Waals surface area contributed by atoms with E-state index in [1.54, 1.807) is 0 Å². The maximum atomic E-state index is 10.5. The lowest BCUT2D eigenvalue weighted by molar-refractivity contribution is 0.0681. The molecule has 1 N–H and O–H groups in total. The Bertz CT molecular complexity index is 265. The first-order chi connectivity index (χ1) is 5.13. The second-order valence-electron chi connectivity index (χ2n) is 2.56. The zero-order valence-corrected chi connectivity index (χ0v) is 6.48. The summed E-state index contributed by atoms with van der Waals surface area (Å²) in [6.45, 7) is 3.78. The fourth-order valence-electron chi connectivity index (χ4n) is 0.895. The first kappa shape index (κ1) is 7.78. The molecule has 4 nitrogen and oxygen atoms in total. The van der Waals surface area contributed by atoms with E-state index in [9.17, 15) is 4.79 Å². The van der Waals surface area contributed by atoms with Crippen molar-refractivity contribution < 1.29 is 9.90 Å². The molecule has 0 spiro atoms. The molecular weight excluding hydrogens is 144 g/mol. The van der Waals surface area contributed by atoms with Crippen molar-refractivity contribution in [2.24, 2.45) is 0 Å². The van der Waals surface area contributed by atoms with Crippen LogP contribution in [0.1, 0.15) is 30.4 Å². The van der Waals surface area contributed by atoms with Crippen LogP contribution in [0.25, 0.3) is 0 Å². The van der Waals surface area contributed by atoms with E-state index in [1.807, 2.05) is 13.8 Å². The number of carboxylic acids is 1. The zero-order chi connectivity index (χ0) is 8.43. The van der Waals surface area contributed by atoms with Crippen molar-refractivity contribution in [3.05, 3.63) is 18.0 Å². The average molecular weight is 154 g/mol. The lowest BCUT2D eigenvalue weighted by Crippen LogP contribution is -2.11. The van der Waals surface area contributed by atoms with Crippen molar-refractivity contribution in [1.82, 2.24) is 9.78 Å². The number of hydrogen-bond acceptors (Lipinski definition) is 2. The van der Waals surface area contributed by atoms with E-state index >= 15 is 0 Å². The topological polar surface area (TPSA) is 55.1 Å². The summed E-state index contributed by atoms with van der Waals surface area (Å²) in [6, 6.07) is 1.58. The third kappa shape index (κ3) is 1.39. The molecule has 0 aromatic carbocycles. The Hall–Kier alpha value is -1.32. The molecule has 0 radical (unpaired) electrons. The first-order valence-electron chi connectivity index (χ1n) is 3.39. The quantitative estimate of drug-likeness (QED) is 0.695. The van der Waals surface area contributed by atoms with Crippen LogP contribution in [0.3, 0.4) is 0 Å². The molecule has 0 aliphatic heterocycles. The molecule has 0 unspecified atom stereocenters. The molecule has 0 aliphatic carbocycles. The minimum absolute atomic E-state index is 0.0936. The molecule has 1 rings (SSSR count). The Balaban J connectivity index is 3.06. The monoisotopic (exact) mass is 154 g/mol. The molecule has 0 atom stereocenters. The molecule has 11 heavy (non-hydrogen) atoms. The van der Waals surface area contributed by atoms with Crippen LogP contribution in [0.15, 0.2) is 12.3 Å². The van der Waals surface area contributed by atoms with Crippen LogP contribution >= 0.6 is 0 Å². The number of carbonyl (C=O) groups is 1. The van der Waals surface area contributed by atoms with Gasteiger partial charge >= 0.3 is 5.97 Å². The predicted molar refractivity (Wildman–Crippen MR) is 39.6 cm³/mol. The maximum absolute atomic E-state index is 10.5. The molecule has 0 fully saturated rings. The van der Waals surface area contributed by atoms with E-state index < -0.39 is 5.97 Å². The van der Waals surface area contributed by atoms with Crippen molar-refractivity contribution in [2.75, 3.05) is 0 Å². The summed E-state index contributed by atoms with van der Waals surface area (Å²) in [7, 11) is 0. The Labute approximate surface area is 64.5 Å². The molecule has 0 amide bonds. The summed E-state index contributed by atoms with van der Waals surface area (Å²) < 4.78 is 1.47. The van der Waals surface area contributed by atoms with Gasteiger partial charge in [0.1, 0.15) is 5.69 Å². The zero-order valence-electron chi connectivity index (χ0n) is 6.48. The first-order valence-corrected chi connectivity index (χ1v) is 3.39. The highest BCUT2D eigenvalue weighted by atomic mass is 16.4. The number of aromatic nitrogens is 2. The van der Waals surface area contributed by atoms with Crippen LogP contribution in [0, 0.1) is 0 Å². The second-order valence-corrected chi connectivity index (χ2v) is 2.56. The fraction of sp³-hybridized carbons (Fsp3) is 0.429. The summed E-state index contributed by atoms with van der Waals surface area (Å²) >= 11 is 0. The molecule has 1 aromatic heterocycles. The molecule has 0 saturated heterocycles. The number of aromatic carboxylic acids is 1. The van der Waals surface area contributed by atoms with Gasteiger partial charge in [0.25, 0.3) is 0 Å². The van der Waals surface area contributed by atoms with Crippen molar-refractivity contribution in [2.45, 2.75) is 19.9 Å². The highest BCUT2D eigenvalue weighted by Gasteiger charge is 2.11. The molecule has 0 aliphatic rings. The molecular formula is C7H10N2O2. The molecule has 60 valence electrons. The smallest absolute Gasteiger partial charge is 0.354 e. The van der Waals surface area contributed by atoms with E-state index in [4.69, 9.17) is 5.11 Å². The second kappa shape index (κ2) is 2.74. The molecule has 1 aromatic rings. The maximum Gasteiger partial charge on any atom is 0.354 e. The van der Waals surface area contributed by atoms with Gasteiger partial charge in [-0.1, -0.05) is 0 Å². The van der Waals surface area contributed by atoms with Crippen LogP contribution in [0.4, 0.5) is 0 Å². The number of carboxylic acid groups (broad SMARTS) is 1. The Kier molecular flexibility index (Phi) is 1.94. The highest BCUT2D eigenvalue weighted by molar-refractivity contribution is 5.85. The Morgan fingerprint density at radius 3 is 2.73 bits per heavy atom. The average Bonchev–Trinajstić information content (AvgIpc) is 2.32. The van der Waals surface area contributed by atoms with Gasteiger partial charge in [0.2, 0.25) is 0 Å². The van der Waals surface area contributed by atoms with Crippen LogP contribution in [0.5, 0.6) is 0 Å². The SMILES string of the molecule is CC(C)n1nccc1C(=O)O. The van der Waals surface area contributed by atoms with Crippen LogP contribution in [-0.4, -0.2) is 20.9 Å². The minimum Gasteiger partial charge on any atom is -0.477 e. The normalized spacial score (nSPS) is 10.5. The summed E-state index contributed by atoms with van der Waals surface area (Å²) in [5.41, 5.74) is 0.236. The van der Waals surface area contributed by atoms with E-state index in [-0.39, 0.29) is 11.7 Å². The van der Waals surface area contributed by atoms with E-state index in [2.05, 4.69) is 5.10 Å². The highest BCUT2D eigenvalue weighted by Crippen LogP contribution is 2.06.